The second kappa shape index (κ2) is 8.02. The van der Waals surface area contributed by atoms with E-state index in [0.717, 1.165) is 24.9 Å². The number of anilines is 1. The number of unbranched alkanes of at least 4 members (excludes halogenated alkanes) is 1. The van der Waals surface area contributed by atoms with Crippen LogP contribution in [0.25, 0.3) is 11.3 Å². The summed E-state index contributed by atoms with van der Waals surface area (Å²) in [5, 5.41) is 14.1. The van der Waals surface area contributed by atoms with Crippen LogP contribution in [0.1, 0.15) is 25.3 Å². The van der Waals surface area contributed by atoms with E-state index in [-0.39, 0.29) is 0 Å². The summed E-state index contributed by atoms with van der Waals surface area (Å²) < 4.78 is 0. The van der Waals surface area contributed by atoms with E-state index in [1.165, 1.54) is 11.8 Å². The fourth-order valence-corrected chi connectivity index (χ4v) is 2.46. The summed E-state index contributed by atoms with van der Waals surface area (Å²) in [6.45, 7) is 2.91. The number of aromatic nitrogens is 2. The van der Waals surface area contributed by atoms with Crippen molar-refractivity contribution >= 4 is 29.2 Å². The molecule has 0 amide bonds. The summed E-state index contributed by atoms with van der Waals surface area (Å²) in [6, 6.07) is 9.55. The maximum absolute atomic E-state index is 9.53. The SMILES string of the molecule is CCCCNc1nc(SC)nc(-c2ccc(Cl)cc2)c1C#N. The normalized spacial score (nSPS) is 10.3. The van der Waals surface area contributed by atoms with Gasteiger partial charge < -0.3 is 5.32 Å². The highest BCUT2D eigenvalue weighted by molar-refractivity contribution is 7.98. The highest BCUT2D eigenvalue weighted by Gasteiger charge is 2.15. The Labute approximate surface area is 139 Å². The van der Waals surface area contributed by atoms with Crippen LogP contribution in [-0.4, -0.2) is 22.8 Å². The molecule has 1 N–H and O–H groups in total. The summed E-state index contributed by atoms with van der Waals surface area (Å²) >= 11 is 7.39. The van der Waals surface area contributed by atoms with Gasteiger partial charge in [-0.3, -0.25) is 0 Å². The van der Waals surface area contributed by atoms with Crippen molar-refractivity contribution in [3.8, 4) is 17.3 Å². The maximum Gasteiger partial charge on any atom is 0.189 e. The Balaban J connectivity index is 2.49. The Morgan fingerprint density at radius 1 is 1.27 bits per heavy atom. The quantitative estimate of drug-likeness (QED) is 0.475. The van der Waals surface area contributed by atoms with Crippen LogP contribution in [0.5, 0.6) is 0 Å². The topological polar surface area (TPSA) is 61.6 Å². The Kier molecular flexibility index (Phi) is 6.05. The molecule has 0 spiro atoms. The fourth-order valence-electron chi connectivity index (χ4n) is 1.97. The molecule has 1 aromatic carbocycles. The lowest BCUT2D eigenvalue weighted by atomic mass is 10.1. The molecule has 0 bridgehead atoms. The van der Waals surface area contributed by atoms with Gasteiger partial charge in [0.15, 0.2) is 5.16 Å². The van der Waals surface area contributed by atoms with Crippen LogP contribution in [0.2, 0.25) is 5.02 Å². The lowest BCUT2D eigenvalue weighted by molar-refractivity contribution is 0.825. The summed E-state index contributed by atoms with van der Waals surface area (Å²) in [5.41, 5.74) is 1.96. The highest BCUT2D eigenvalue weighted by atomic mass is 35.5. The molecule has 6 heteroatoms. The summed E-state index contributed by atoms with van der Waals surface area (Å²) in [5.74, 6) is 0.597. The zero-order valence-corrected chi connectivity index (χ0v) is 14.1. The first-order valence-electron chi connectivity index (χ1n) is 7.05. The molecule has 0 radical (unpaired) electrons. The summed E-state index contributed by atoms with van der Waals surface area (Å²) in [6.07, 6.45) is 4.03. The van der Waals surface area contributed by atoms with Gasteiger partial charge in [0.2, 0.25) is 0 Å². The second-order valence-corrected chi connectivity index (χ2v) is 5.89. The minimum absolute atomic E-state index is 0.469. The van der Waals surface area contributed by atoms with Gasteiger partial charge in [0.25, 0.3) is 0 Å². The first-order valence-corrected chi connectivity index (χ1v) is 8.65. The van der Waals surface area contributed by atoms with E-state index in [4.69, 9.17) is 11.6 Å². The minimum Gasteiger partial charge on any atom is -0.369 e. The molecule has 0 aliphatic rings. The lowest BCUT2D eigenvalue weighted by Gasteiger charge is -2.12. The third kappa shape index (κ3) is 3.90. The number of thioether (sulfide) groups is 1. The molecule has 0 aliphatic carbocycles. The average molecular weight is 333 g/mol. The van der Waals surface area contributed by atoms with E-state index in [9.17, 15) is 5.26 Å². The number of rotatable bonds is 6. The zero-order chi connectivity index (χ0) is 15.9. The van der Waals surface area contributed by atoms with Gasteiger partial charge in [-0.2, -0.15) is 5.26 Å². The number of nitrogens with one attached hydrogen (secondary N) is 1. The van der Waals surface area contributed by atoms with E-state index in [0.29, 0.717) is 27.3 Å². The summed E-state index contributed by atoms with van der Waals surface area (Å²) in [7, 11) is 0. The molecule has 2 aromatic rings. The van der Waals surface area contributed by atoms with E-state index >= 15 is 0 Å². The van der Waals surface area contributed by atoms with Crippen molar-refractivity contribution in [1.29, 1.82) is 5.26 Å². The van der Waals surface area contributed by atoms with Crippen molar-refractivity contribution in [2.45, 2.75) is 24.9 Å². The van der Waals surface area contributed by atoms with Gasteiger partial charge in [-0.1, -0.05) is 48.8 Å². The molecule has 1 aromatic heterocycles. The number of nitrogens with zero attached hydrogens (tertiary/aromatic N) is 3. The van der Waals surface area contributed by atoms with Gasteiger partial charge >= 0.3 is 0 Å². The molecule has 0 unspecified atom stereocenters. The van der Waals surface area contributed by atoms with Gasteiger partial charge in [-0.15, -0.1) is 0 Å². The van der Waals surface area contributed by atoms with Crippen LogP contribution in [0.3, 0.4) is 0 Å². The Morgan fingerprint density at radius 2 is 2.00 bits per heavy atom. The van der Waals surface area contributed by atoms with Crippen molar-refractivity contribution in [2.75, 3.05) is 18.1 Å². The van der Waals surface area contributed by atoms with Gasteiger partial charge in [-0.25, -0.2) is 9.97 Å². The highest BCUT2D eigenvalue weighted by Crippen LogP contribution is 2.29. The van der Waals surface area contributed by atoms with Crippen molar-refractivity contribution in [2.24, 2.45) is 0 Å². The molecule has 0 atom stereocenters. The van der Waals surface area contributed by atoms with E-state index in [2.05, 4.69) is 28.3 Å². The first-order chi connectivity index (χ1) is 10.7. The van der Waals surface area contributed by atoms with Crippen LogP contribution in [-0.2, 0) is 0 Å². The zero-order valence-electron chi connectivity index (χ0n) is 12.6. The van der Waals surface area contributed by atoms with E-state index < -0.39 is 0 Å². The third-order valence-corrected chi connectivity index (χ3v) is 3.92. The Hall–Kier alpha value is -1.77. The largest absolute Gasteiger partial charge is 0.369 e. The maximum atomic E-state index is 9.53. The predicted octanol–water partition coefficient (Wildman–Crippen LogP) is 4.60. The van der Waals surface area contributed by atoms with Crippen LogP contribution in [0.4, 0.5) is 5.82 Å². The van der Waals surface area contributed by atoms with Crippen molar-refractivity contribution in [3.63, 3.8) is 0 Å². The Morgan fingerprint density at radius 3 is 2.59 bits per heavy atom. The van der Waals surface area contributed by atoms with Crippen LogP contribution < -0.4 is 5.32 Å². The standard InChI is InChI=1S/C16H17ClN4S/c1-3-4-9-19-15-13(10-18)14(20-16(21-15)22-2)11-5-7-12(17)8-6-11/h5-8H,3-4,9H2,1-2H3,(H,19,20,21). The van der Waals surface area contributed by atoms with Crippen molar-refractivity contribution < 1.29 is 0 Å². The minimum atomic E-state index is 0.469. The van der Waals surface area contributed by atoms with E-state index in [1.54, 1.807) is 12.1 Å². The second-order valence-electron chi connectivity index (χ2n) is 4.68. The molecule has 0 fully saturated rings. The monoisotopic (exact) mass is 332 g/mol. The molecule has 0 aliphatic heterocycles. The molecule has 1 heterocycles. The van der Waals surface area contributed by atoms with Crippen molar-refractivity contribution in [3.05, 3.63) is 34.9 Å². The molecule has 0 saturated heterocycles. The number of nitriles is 1. The first kappa shape index (κ1) is 16.6. The van der Waals surface area contributed by atoms with Crippen LogP contribution in [0.15, 0.2) is 29.4 Å². The predicted molar refractivity (Wildman–Crippen MR) is 92.4 cm³/mol. The lowest BCUT2D eigenvalue weighted by Crippen LogP contribution is -2.08. The summed E-state index contributed by atoms with van der Waals surface area (Å²) in [4.78, 5) is 8.93. The number of halogens is 1. The number of hydrogen-bond acceptors (Lipinski definition) is 5. The molecular formula is C16H17ClN4S. The van der Waals surface area contributed by atoms with Crippen LogP contribution >= 0.6 is 23.4 Å². The molecule has 22 heavy (non-hydrogen) atoms. The van der Waals surface area contributed by atoms with Crippen molar-refractivity contribution in [1.82, 2.24) is 9.97 Å². The smallest absolute Gasteiger partial charge is 0.189 e. The molecule has 4 nitrogen and oxygen atoms in total. The molecular weight excluding hydrogens is 316 g/mol. The number of hydrogen-bond donors (Lipinski definition) is 1. The number of benzene rings is 1. The average Bonchev–Trinajstić information content (AvgIpc) is 2.55. The molecule has 2 rings (SSSR count). The van der Waals surface area contributed by atoms with Gasteiger partial charge in [-0.05, 0) is 24.8 Å². The molecule has 114 valence electrons. The third-order valence-electron chi connectivity index (χ3n) is 3.12. The van der Waals surface area contributed by atoms with Gasteiger partial charge in [0.05, 0.1) is 5.69 Å². The molecule has 0 saturated carbocycles. The van der Waals surface area contributed by atoms with Gasteiger partial charge in [0, 0.05) is 17.1 Å². The fraction of sp³-hybridized carbons (Fsp3) is 0.312. The van der Waals surface area contributed by atoms with Gasteiger partial charge in [0.1, 0.15) is 17.5 Å². The van der Waals surface area contributed by atoms with Crippen LogP contribution in [0, 0.1) is 11.3 Å². The Bertz CT molecular complexity index is 680. The van der Waals surface area contributed by atoms with E-state index in [1.807, 2.05) is 18.4 Å².